The number of anilines is 1. The molecule has 19 atom stereocenters. The number of nitrogens with two attached hydrogens (primary N) is 1. The molecule has 0 aliphatic carbocycles. The second-order valence-corrected chi connectivity index (χ2v) is 23.4. The van der Waals surface area contributed by atoms with Crippen molar-refractivity contribution >= 4 is 38.4 Å². The Hall–Kier alpha value is -4.99. The lowest BCUT2D eigenvalue weighted by Gasteiger charge is -2.46. The molecule has 0 radical (unpaired) electrons. The summed E-state index contributed by atoms with van der Waals surface area (Å²) in [6, 6.07) is 8.39. The second kappa shape index (κ2) is 31.1. The number of ether oxygens (including phenoxy) is 4. The third-order valence-corrected chi connectivity index (χ3v) is 16.3. The Labute approximate surface area is 474 Å². The largest absolute Gasteiger partial charge is 0.462 e. The van der Waals surface area contributed by atoms with E-state index in [1.54, 1.807) is 130 Å². The van der Waals surface area contributed by atoms with Crippen molar-refractivity contribution in [2.75, 3.05) is 19.0 Å². The Morgan fingerprint density at radius 2 is 1.27 bits per heavy atom. The zero-order chi connectivity index (χ0) is 59.8. The summed E-state index contributed by atoms with van der Waals surface area (Å²) in [4.78, 5) is 28.8. The van der Waals surface area contributed by atoms with Crippen molar-refractivity contribution < 1.29 is 88.0 Å². The molecular formula is C59H85N3O18S. The van der Waals surface area contributed by atoms with E-state index in [-0.39, 0.29) is 30.1 Å². The van der Waals surface area contributed by atoms with Gasteiger partial charge in [0.15, 0.2) is 12.1 Å². The molecule has 3 aliphatic heterocycles. The van der Waals surface area contributed by atoms with Gasteiger partial charge in [-0.05, 0) is 45.2 Å². The van der Waals surface area contributed by atoms with Gasteiger partial charge in [0.05, 0.1) is 90.4 Å². The van der Waals surface area contributed by atoms with Gasteiger partial charge in [0.25, 0.3) is 10.0 Å². The molecule has 0 saturated carbocycles. The number of carbonyl (C=O) groups is 2. The number of sulfonamides is 1. The molecule has 5 rings (SSSR count). The average molecular weight is 1160 g/mol. The van der Waals surface area contributed by atoms with Gasteiger partial charge in [-0.25, -0.2) is 13.1 Å². The fourth-order valence-corrected chi connectivity index (χ4v) is 11.4. The highest BCUT2D eigenvalue weighted by atomic mass is 32.2. The van der Waals surface area contributed by atoms with Crippen molar-refractivity contribution in [3.05, 3.63) is 121 Å². The first-order valence-electron chi connectivity index (χ1n) is 27.4. The number of esters is 1. The smallest absolute Gasteiger partial charge is 0.308 e. The number of hydrogen-bond donors (Lipinski definition) is 12. The van der Waals surface area contributed by atoms with Crippen LogP contribution in [0.15, 0.2) is 126 Å². The van der Waals surface area contributed by atoms with E-state index in [4.69, 9.17) is 24.7 Å². The molecule has 2 bridgehead atoms. The van der Waals surface area contributed by atoms with Crippen LogP contribution in [-0.2, 0) is 38.6 Å². The fraction of sp³-hybridized carbons (Fsp3) is 0.559. The molecule has 0 aromatic heterocycles. The summed E-state index contributed by atoms with van der Waals surface area (Å²) < 4.78 is 54.4. The highest BCUT2D eigenvalue weighted by molar-refractivity contribution is 7.90. The number of fused-ring (bicyclic) bond motifs is 3. The summed E-state index contributed by atoms with van der Waals surface area (Å²) in [6.45, 7) is 6.71. The molecule has 2 aromatic rings. The third-order valence-electron chi connectivity index (χ3n) is 14.9. The molecule has 13 N–H and O–H groups in total. The van der Waals surface area contributed by atoms with Crippen LogP contribution in [0.5, 0.6) is 0 Å². The highest BCUT2D eigenvalue weighted by Gasteiger charge is 2.51. The van der Waals surface area contributed by atoms with Crippen LogP contribution in [-0.4, -0.2) is 183 Å². The normalized spacial score (nSPS) is 39.0. The van der Waals surface area contributed by atoms with Crippen molar-refractivity contribution in [2.45, 2.75) is 181 Å². The number of hydrogen-bond acceptors (Lipinski definition) is 20. The van der Waals surface area contributed by atoms with Gasteiger partial charge >= 0.3 is 5.97 Å². The van der Waals surface area contributed by atoms with E-state index in [0.29, 0.717) is 16.5 Å². The topological polar surface area (TPSA) is 349 Å². The lowest BCUT2D eigenvalue weighted by Crippen LogP contribution is -2.62. The maximum Gasteiger partial charge on any atom is 0.308 e. The number of nitrogens with zero attached hydrogens (tertiary/aromatic N) is 1. The number of rotatable bonds is 6. The monoisotopic (exact) mass is 1160 g/mol. The number of aliphatic hydroxyl groups is 10. The molecule has 1 amide bonds. The van der Waals surface area contributed by atoms with Crippen molar-refractivity contribution in [2.24, 2.45) is 23.5 Å². The van der Waals surface area contributed by atoms with Gasteiger partial charge in [0.1, 0.15) is 12.2 Å². The summed E-state index contributed by atoms with van der Waals surface area (Å²) in [5.41, 5.74) is 6.85. The van der Waals surface area contributed by atoms with Crippen LogP contribution in [0.2, 0.25) is 0 Å². The van der Waals surface area contributed by atoms with Crippen LogP contribution in [0.1, 0.15) is 79.1 Å². The molecule has 21 nitrogen and oxygen atoms in total. The van der Waals surface area contributed by atoms with Crippen molar-refractivity contribution in [3.63, 3.8) is 0 Å². The van der Waals surface area contributed by atoms with E-state index in [0.717, 1.165) is 0 Å². The van der Waals surface area contributed by atoms with Gasteiger partial charge in [-0.1, -0.05) is 123 Å². The Bertz CT molecular complexity index is 2680. The highest BCUT2D eigenvalue weighted by Crippen LogP contribution is 2.39. The molecule has 450 valence electrons. The van der Waals surface area contributed by atoms with Crippen molar-refractivity contribution in [1.29, 1.82) is 0 Å². The van der Waals surface area contributed by atoms with E-state index in [1.165, 1.54) is 25.1 Å². The number of carbonyl (C=O) groups excluding carboxylic acids is 2. The van der Waals surface area contributed by atoms with Crippen LogP contribution in [0.25, 0.3) is 10.8 Å². The minimum atomic E-state index is -4.69. The van der Waals surface area contributed by atoms with Crippen LogP contribution in [0, 0.1) is 17.8 Å². The van der Waals surface area contributed by atoms with Crippen molar-refractivity contribution in [1.82, 2.24) is 4.72 Å². The number of amides is 1. The predicted octanol–water partition coefficient (Wildman–Crippen LogP) is 2.35. The molecule has 2 fully saturated rings. The van der Waals surface area contributed by atoms with Crippen LogP contribution in [0.3, 0.4) is 0 Å². The predicted molar refractivity (Wildman–Crippen MR) is 303 cm³/mol. The fourth-order valence-electron chi connectivity index (χ4n) is 10.1. The first-order chi connectivity index (χ1) is 38.2. The zero-order valence-electron chi connectivity index (χ0n) is 46.8. The molecule has 0 spiro atoms. The van der Waals surface area contributed by atoms with Gasteiger partial charge in [-0.15, -0.1) is 0 Å². The Morgan fingerprint density at radius 1 is 0.679 bits per heavy atom. The lowest BCUT2D eigenvalue weighted by molar-refractivity contribution is -0.307. The molecule has 81 heavy (non-hydrogen) atoms. The number of benzene rings is 2. The summed E-state index contributed by atoms with van der Waals surface area (Å²) >= 11 is 0. The van der Waals surface area contributed by atoms with E-state index < -0.39 is 163 Å². The quantitative estimate of drug-likeness (QED) is 0.185. The standard InChI is InChI=1S/C59H85N3O18S/c1-35-21-17-15-13-11-9-7-8-10-12-14-16-18-22-42(79-58-56(72)53(60)55(71)38(4)78-58)32-49-52(57(73)61-81(75,76)50-26-20-23-43-44(50)24-19-25-45(43)62(5)6)48(68)34-59(74,80-49)33-41(65)30-47(67)46(66)28-27-39(63)29-40(64)31-51(69)77-37(3)36(2)54(35)70/h7-26,35-42,46-49,52-56,58,63-68,70-72,74H,27-34,60H2,1-6H3,(H,61,73)/b8-7+,11-9+,12-10+,15-13+,16-14+,21-17+,22-18+/t35-,36-,37-,38+,39+,40+,41-,42-,46+,47+,48-,49-,52+,53-,54+,55+,56-,58-,59+/m0/s1. The van der Waals surface area contributed by atoms with E-state index in [9.17, 15) is 69.1 Å². The van der Waals surface area contributed by atoms with Crippen LogP contribution < -0.4 is 15.4 Å². The zero-order valence-corrected chi connectivity index (χ0v) is 47.6. The molecule has 0 unspecified atom stereocenters. The van der Waals surface area contributed by atoms with Crippen molar-refractivity contribution in [3.8, 4) is 0 Å². The minimum Gasteiger partial charge on any atom is -0.462 e. The summed E-state index contributed by atoms with van der Waals surface area (Å²) in [7, 11) is -1.11. The molecule has 2 aromatic carbocycles. The maximum atomic E-state index is 14.5. The summed E-state index contributed by atoms with van der Waals surface area (Å²) in [5.74, 6) is -6.99. The number of cyclic esters (lactones) is 1. The van der Waals surface area contributed by atoms with Gasteiger partial charge in [0, 0.05) is 68.1 Å². The van der Waals surface area contributed by atoms with Gasteiger partial charge in [-0.2, -0.15) is 0 Å². The SMILES string of the molecule is C[C@@H]1[C@H](O)[C@@H](C)/C=C/C=C/C=C/C=C/C=C/C=C/C=C/[C@H](O[C@@H]2O[C@H](C)[C@@H](O)[C@H](N)[C@@H]2O)C[C@@H]2O[C@](O)(C[C@@H](O)C[C@@H](O)[C@H](O)CC[C@@H](O)C[C@@H](O)CC(=O)O[C@H]1C)C[C@H](O)[C@H]2C(=O)NS(=O)(=O)c1cccc2c(N(C)C)cccc12. The minimum absolute atomic E-state index is 0.149. The summed E-state index contributed by atoms with van der Waals surface area (Å²) in [5, 5.41) is 112. The maximum absolute atomic E-state index is 14.5. The molecular weight excluding hydrogens is 1070 g/mol. The van der Waals surface area contributed by atoms with E-state index in [2.05, 4.69) is 4.72 Å². The second-order valence-electron chi connectivity index (χ2n) is 21.7. The number of nitrogens with one attached hydrogen (secondary N) is 1. The Kier molecular flexibility index (Phi) is 25.6. The average Bonchev–Trinajstić information content (AvgIpc) is 3.55. The van der Waals surface area contributed by atoms with Gasteiger partial charge in [0.2, 0.25) is 5.91 Å². The van der Waals surface area contributed by atoms with Gasteiger partial charge < -0.3 is 80.6 Å². The number of allylic oxidation sites excluding steroid dienone is 12. The van der Waals surface area contributed by atoms with E-state index >= 15 is 0 Å². The summed E-state index contributed by atoms with van der Waals surface area (Å²) in [6.07, 6.45) is 1.52. The lowest BCUT2D eigenvalue weighted by atomic mass is 9.82. The molecule has 22 heteroatoms. The first-order valence-corrected chi connectivity index (χ1v) is 28.9. The Morgan fingerprint density at radius 3 is 1.90 bits per heavy atom. The first kappa shape index (κ1) is 66.8. The Balaban J connectivity index is 1.46. The van der Waals surface area contributed by atoms with Gasteiger partial charge in [-0.3, -0.25) is 9.59 Å². The van der Waals surface area contributed by atoms with Crippen LogP contribution >= 0.6 is 0 Å². The third kappa shape index (κ3) is 19.6. The number of aliphatic hydroxyl groups excluding tert-OH is 9. The molecule has 2 saturated heterocycles. The van der Waals surface area contributed by atoms with Crippen LogP contribution in [0.4, 0.5) is 5.69 Å². The van der Waals surface area contributed by atoms with E-state index in [1.807, 2.05) is 13.0 Å². The molecule has 3 heterocycles. The molecule has 3 aliphatic rings.